The molecule has 1 unspecified atom stereocenters. The van der Waals surface area contributed by atoms with Crippen molar-refractivity contribution in [3.05, 3.63) is 72.6 Å². The van der Waals surface area contributed by atoms with Gasteiger partial charge in [0.2, 0.25) is 5.91 Å². The minimum atomic E-state index is -0.823. The zero-order chi connectivity index (χ0) is 24.8. The number of benzene rings is 2. The van der Waals surface area contributed by atoms with E-state index in [0.29, 0.717) is 34.5 Å². The number of pyridine rings is 2. The van der Waals surface area contributed by atoms with Gasteiger partial charge in [0.15, 0.2) is 0 Å². The van der Waals surface area contributed by atoms with E-state index in [1.54, 1.807) is 18.5 Å². The molecule has 1 amide bonds. The summed E-state index contributed by atoms with van der Waals surface area (Å²) in [6.45, 7) is 2.57. The van der Waals surface area contributed by atoms with E-state index < -0.39 is 11.9 Å². The number of amides is 1. The van der Waals surface area contributed by atoms with Crippen molar-refractivity contribution >= 4 is 22.5 Å². The van der Waals surface area contributed by atoms with Gasteiger partial charge in [-0.05, 0) is 24.6 Å². The highest BCUT2D eigenvalue weighted by Crippen LogP contribution is 2.36. The monoisotopic (exact) mass is 467 g/mol. The Morgan fingerprint density at radius 3 is 2.57 bits per heavy atom. The summed E-state index contributed by atoms with van der Waals surface area (Å²) in [5, 5.41) is 13.9. The van der Waals surface area contributed by atoms with Crippen molar-refractivity contribution in [1.29, 1.82) is 5.26 Å². The summed E-state index contributed by atoms with van der Waals surface area (Å²) in [4.78, 5) is 20.9. The lowest BCUT2D eigenvalue weighted by Crippen LogP contribution is -2.39. The summed E-state index contributed by atoms with van der Waals surface area (Å²) >= 11 is 0. The van der Waals surface area contributed by atoms with Crippen molar-refractivity contribution in [3.63, 3.8) is 0 Å². The number of nitriles is 1. The molecule has 8 heteroatoms. The maximum Gasteiger partial charge on any atom is 0.242 e. The molecule has 0 spiro atoms. The van der Waals surface area contributed by atoms with Crippen LogP contribution < -0.4 is 15.8 Å². The molecule has 35 heavy (non-hydrogen) atoms. The molecule has 8 nitrogen and oxygen atoms in total. The predicted molar refractivity (Wildman–Crippen MR) is 135 cm³/mol. The molecule has 4 aromatic rings. The molecule has 0 aliphatic rings. The molecule has 2 aromatic carbocycles. The summed E-state index contributed by atoms with van der Waals surface area (Å²) < 4.78 is 10.9. The molecule has 0 aliphatic carbocycles. The molecule has 2 heterocycles. The number of hydrogen-bond acceptors (Lipinski definition) is 7. The van der Waals surface area contributed by atoms with Crippen molar-refractivity contribution in [2.75, 3.05) is 25.6 Å². The van der Waals surface area contributed by atoms with Crippen molar-refractivity contribution < 1.29 is 14.3 Å². The number of methoxy groups -OCH3 is 1. The second-order valence-corrected chi connectivity index (χ2v) is 7.78. The van der Waals surface area contributed by atoms with Gasteiger partial charge in [-0.2, -0.15) is 5.26 Å². The number of nitrogens with two attached hydrogens (primary N) is 1. The van der Waals surface area contributed by atoms with Crippen LogP contribution >= 0.6 is 0 Å². The van der Waals surface area contributed by atoms with Crippen LogP contribution in [0, 0.1) is 11.3 Å². The Hall–Kier alpha value is -4.48. The molecule has 1 atom stereocenters. The minimum Gasteiger partial charge on any atom is -0.493 e. The number of hydrogen-bond donors (Lipinski definition) is 2. The molecule has 2 aromatic heterocycles. The molecule has 176 valence electrons. The number of nitrogens with one attached hydrogen (secondary N) is 1. The summed E-state index contributed by atoms with van der Waals surface area (Å²) in [5.41, 5.74) is 10.1. The number of carbonyl (C=O) groups excluding carboxylic acids is 1. The number of ether oxygens (including phenoxy) is 2. The zero-order valence-corrected chi connectivity index (χ0v) is 19.5. The van der Waals surface area contributed by atoms with Crippen LogP contribution in [0.15, 0.2) is 67.0 Å². The summed E-state index contributed by atoms with van der Waals surface area (Å²) in [5.74, 6) is 0.214. The molecule has 0 saturated carbocycles. The molecule has 0 saturated heterocycles. The number of carbonyl (C=O) groups is 1. The second kappa shape index (κ2) is 10.6. The van der Waals surface area contributed by atoms with Crippen molar-refractivity contribution in [1.82, 2.24) is 9.97 Å². The lowest BCUT2D eigenvalue weighted by Gasteiger charge is -2.20. The molecule has 3 N–H and O–H groups in total. The number of aromatic nitrogens is 2. The Bertz CT molecular complexity index is 1400. The van der Waals surface area contributed by atoms with Crippen molar-refractivity contribution in [2.24, 2.45) is 5.73 Å². The first kappa shape index (κ1) is 23.7. The Morgan fingerprint density at radius 1 is 1.14 bits per heavy atom. The Morgan fingerprint density at radius 2 is 1.89 bits per heavy atom. The molecule has 0 radical (unpaired) electrons. The lowest BCUT2D eigenvalue weighted by molar-refractivity contribution is -0.119. The third-order valence-electron chi connectivity index (χ3n) is 5.55. The standard InChI is InChI=1S/C27H25N5O3/c1-3-35-24-7-5-4-6-19(24)17-8-10-18(11-9-17)25-21(14-28)26(32-23(16-34-2)27(29)33)20-12-13-30-15-22(20)31-25/h4-13,15,23H,3,16H2,1-2H3,(H2,29,33)(H,31,32). The fourth-order valence-electron chi connectivity index (χ4n) is 3.91. The maximum atomic E-state index is 12.0. The van der Waals surface area contributed by atoms with Gasteiger partial charge in [-0.25, -0.2) is 4.98 Å². The highest BCUT2D eigenvalue weighted by molar-refractivity contribution is 5.99. The quantitative estimate of drug-likeness (QED) is 0.379. The first-order valence-electron chi connectivity index (χ1n) is 11.1. The summed E-state index contributed by atoms with van der Waals surface area (Å²) in [6.07, 6.45) is 3.23. The number of rotatable bonds is 9. The third kappa shape index (κ3) is 4.90. The maximum absolute atomic E-state index is 12.0. The molecule has 4 rings (SSSR count). The molecular weight excluding hydrogens is 442 g/mol. The van der Waals surface area contributed by atoms with E-state index in [1.807, 2.05) is 55.5 Å². The van der Waals surface area contributed by atoms with Gasteiger partial charge >= 0.3 is 0 Å². The van der Waals surface area contributed by atoms with E-state index in [-0.39, 0.29) is 6.61 Å². The zero-order valence-electron chi connectivity index (χ0n) is 19.5. The van der Waals surface area contributed by atoms with Crippen LogP contribution in [-0.4, -0.2) is 42.2 Å². The number of fused-ring (bicyclic) bond motifs is 1. The van der Waals surface area contributed by atoms with Crippen LogP contribution in [0.3, 0.4) is 0 Å². The normalized spacial score (nSPS) is 11.6. The SMILES string of the molecule is CCOc1ccccc1-c1ccc(-c2nc3cnccc3c(NC(COC)C(N)=O)c2C#N)cc1. The summed E-state index contributed by atoms with van der Waals surface area (Å²) in [7, 11) is 1.48. The van der Waals surface area contributed by atoms with Gasteiger partial charge in [-0.1, -0.05) is 42.5 Å². The van der Waals surface area contributed by atoms with E-state index in [2.05, 4.69) is 16.4 Å². The third-order valence-corrected chi connectivity index (χ3v) is 5.55. The Balaban J connectivity index is 1.83. The van der Waals surface area contributed by atoms with Crippen molar-refractivity contribution in [2.45, 2.75) is 13.0 Å². The largest absolute Gasteiger partial charge is 0.493 e. The topological polar surface area (TPSA) is 123 Å². The minimum absolute atomic E-state index is 0.0539. The van der Waals surface area contributed by atoms with E-state index >= 15 is 0 Å². The second-order valence-electron chi connectivity index (χ2n) is 7.78. The number of para-hydroxylation sites is 1. The van der Waals surface area contributed by atoms with Gasteiger partial charge in [-0.15, -0.1) is 0 Å². The van der Waals surface area contributed by atoms with Gasteiger partial charge in [0.05, 0.1) is 36.3 Å². The Kier molecular flexibility index (Phi) is 7.19. The van der Waals surface area contributed by atoms with Gasteiger partial charge in [0.1, 0.15) is 23.4 Å². The molecule has 0 bridgehead atoms. The summed E-state index contributed by atoms with van der Waals surface area (Å²) in [6, 6.07) is 18.8. The average Bonchev–Trinajstić information content (AvgIpc) is 2.88. The van der Waals surface area contributed by atoms with E-state index in [4.69, 9.17) is 20.2 Å². The predicted octanol–water partition coefficient (Wildman–Crippen LogP) is 4.15. The van der Waals surface area contributed by atoms with Crippen LogP contribution in [0.5, 0.6) is 5.75 Å². The van der Waals surface area contributed by atoms with Crippen LogP contribution in [0.4, 0.5) is 5.69 Å². The van der Waals surface area contributed by atoms with Crippen molar-refractivity contribution in [3.8, 4) is 34.2 Å². The Labute approximate surface area is 203 Å². The van der Waals surface area contributed by atoms with E-state index in [9.17, 15) is 10.1 Å². The highest BCUT2D eigenvalue weighted by atomic mass is 16.5. The van der Waals surface area contributed by atoms with Crippen LogP contribution in [0.2, 0.25) is 0 Å². The van der Waals surface area contributed by atoms with Gasteiger partial charge in [-0.3, -0.25) is 9.78 Å². The first-order chi connectivity index (χ1) is 17.1. The highest BCUT2D eigenvalue weighted by Gasteiger charge is 2.22. The van der Waals surface area contributed by atoms with Gasteiger partial charge in [0.25, 0.3) is 0 Å². The molecule has 0 aliphatic heterocycles. The fraction of sp³-hybridized carbons (Fsp3) is 0.185. The van der Waals surface area contributed by atoms with E-state index in [0.717, 1.165) is 22.4 Å². The van der Waals surface area contributed by atoms with Crippen LogP contribution in [0.25, 0.3) is 33.3 Å². The fourth-order valence-corrected chi connectivity index (χ4v) is 3.91. The van der Waals surface area contributed by atoms with Gasteiger partial charge < -0.3 is 20.5 Å². The van der Waals surface area contributed by atoms with Crippen LogP contribution in [-0.2, 0) is 9.53 Å². The van der Waals surface area contributed by atoms with Crippen LogP contribution in [0.1, 0.15) is 12.5 Å². The first-order valence-corrected chi connectivity index (χ1v) is 11.1. The molecule has 0 fully saturated rings. The molecular formula is C27H25N5O3. The van der Waals surface area contributed by atoms with Gasteiger partial charge in [0, 0.05) is 29.8 Å². The average molecular weight is 468 g/mol. The number of primary amides is 1. The number of anilines is 1. The number of nitrogens with zero attached hydrogens (tertiary/aromatic N) is 3. The lowest BCUT2D eigenvalue weighted by atomic mass is 9.98. The van der Waals surface area contributed by atoms with E-state index in [1.165, 1.54) is 7.11 Å². The smallest absolute Gasteiger partial charge is 0.242 e.